The van der Waals surface area contributed by atoms with Crippen molar-refractivity contribution in [1.29, 1.82) is 0 Å². The summed E-state index contributed by atoms with van der Waals surface area (Å²) in [6.45, 7) is 5.61. The zero-order chi connectivity index (χ0) is 20.4. The lowest BCUT2D eigenvalue weighted by molar-refractivity contribution is -0.138. The second-order valence-electron chi connectivity index (χ2n) is 6.92. The minimum atomic E-state index is -0.350. The molecule has 0 saturated carbocycles. The van der Waals surface area contributed by atoms with Gasteiger partial charge in [0.2, 0.25) is 0 Å². The van der Waals surface area contributed by atoms with E-state index in [1.807, 2.05) is 45.0 Å². The van der Waals surface area contributed by atoms with Crippen LogP contribution in [0.4, 0.5) is 5.69 Å². The van der Waals surface area contributed by atoms with Crippen molar-refractivity contribution in [3.8, 4) is 11.5 Å². The summed E-state index contributed by atoms with van der Waals surface area (Å²) in [7, 11) is 3.11. The lowest BCUT2D eigenvalue weighted by atomic mass is 10.0. The van der Waals surface area contributed by atoms with Crippen molar-refractivity contribution in [1.82, 2.24) is 4.90 Å². The van der Waals surface area contributed by atoms with E-state index in [4.69, 9.17) is 9.47 Å². The van der Waals surface area contributed by atoms with E-state index in [2.05, 4.69) is 5.32 Å². The molecule has 0 atom stereocenters. The lowest BCUT2D eigenvalue weighted by Crippen LogP contribution is -2.38. The Morgan fingerprint density at radius 2 is 1.46 bits per heavy atom. The Morgan fingerprint density at radius 3 is 1.96 bits per heavy atom. The molecule has 6 heteroatoms. The van der Waals surface area contributed by atoms with Gasteiger partial charge in [-0.25, -0.2) is 0 Å². The molecule has 0 bridgehead atoms. The molecule has 1 aliphatic rings. The Morgan fingerprint density at radius 1 is 0.893 bits per heavy atom. The predicted octanol–water partition coefficient (Wildman–Crippen LogP) is 3.61. The van der Waals surface area contributed by atoms with E-state index >= 15 is 0 Å². The molecule has 28 heavy (non-hydrogen) atoms. The SMILES string of the molecule is COc1cc(NC2=C(c3ccc(C)cc3)C(=O)N(C(C)C)C2=O)cc(OC)c1. The number of hydrogen-bond donors (Lipinski definition) is 1. The van der Waals surface area contributed by atoms with E-state index in [-0.39, 0.29) is 23.6 Å². The van der Waals surface area contributed by atoms with Crippen LogP contribution in [0.25, 0.3) is 5.57 Å². The van der Waals surface area contributed by atoms with Crippen LogP contribution in [0.5, 0.6) is 11.5 Å². The zero-order valence-corrected chi connectivity index (χ0v) is 16.7. The molecule has 0 radical (unpaired) electrons. The summed E-state index contributed by atoms with van der Waals surface area (Å²) in [5, 5.41) is 3.13. The summed E-state index contributed by atoms with van der Waals surface area (Å²) in [6.07, 6.45) is 0. The molecule has 0 unspecified atom stereocenters. The van der Waals surface area contributed by atoms with Crippen LogP contribution >= 0.6 is 0 Å². The minimum Gasteiger partial charge on any atom is -0.497 e. The second-order valence-corrected chi connectivity index (χ2v) is 6.92. The van der Waals surface area contributed by atoms with Crippen LogP contribution in [0.2, 0.25) is 0 Å². The highest BCUT2D eigenvalue weighted by molar-refractivity contribution is 6.36. The molecule has 0 spiro atoms. The Bertz CT molecular complexity index is 923. The summed E-state index contributed by atoms with van der Waals surface area (Å²) < 4.78 is 10.6. The van der Waals surface area contributed by atoms with Crippen molar-refractivity contribution >= 4 is 23.1 Å². The van der Waals surface area contributed by atoms with Crippen molar-refractivity contribution in [2.24, 2.45) is 0 Å². The lowest BCUT2D eigenvalue weighted by Gasteiger charge is -2.19. The number of imide groups is 1. The van der Waals surface area contributed by atoms with Gasteiger partial charge in [-0.15, -0.1) is 0 Å². The molecule has 0 aliphatic carbocycles. The van der Waals surface area contributed by atoms with Gasteiger partial charge in [0.1, 0.15) is 17.2 Å². The molecule has 6 nitrogen and oxygen atoms in total. The number of hydrogen-bond acceptors (Lipinski definition) is 5. The highest BCUT2D eigenvalue weighted by Crippen LogP contribution is 2.33. The maximum Gasteiger partial charge on any atom is 0.278 e. The highest BCUT2D eigenvalue weighted by Gasteiger charge is 2.40. The number of anilines is 1. The third kappa shape index (κ3) is 3.58. The van der Waals surface area contributed by atoms with Crippen LogP contribution in [-0.2, 0) is 9.59 Å². The molecule has 0 aromatic heterocycles. The normalized spacial score (nSPS) is 14.1. The number of ether oxygens (including phenoxy) is 2. The van der Waals surface area contributed by atoms with Gasteiger partial charge in [0.15, 0.2) is 0 Å². The zero-order valence-electron chi connectivity index (χ0n) is 16.7. The largest absolute Gasteiger partial charge is 0.497 e. The van der Waals surface area contributed by atoms with Crippen LogP contribution in [0.1, 0.15) is 25.0 Å². The average molecular weight is 380 g/mol. The van der Waals surface area contributed by atoms with Crippen LogP contribution < -0.4 is 14.8 Å². The number of methoxy groups -OCH3 is 2. The molecule has 2 amide bonds. The van der Waals surface area contributed by atoms with Gasteiger partial charge in [0, 0.05) is 29.9 Å². The van der Waals surface area contributed by atoms with Gasteiger partial charge in [0.25, 0.3) is 11.8 Å². The Balaban J connectivity index is 2.11. The fraction of sp³-hybridized carbons (Fsp3) is 0.273. The van der Waals surface area contributed by atoms with Crippen LogP contribution in [0, 0.1) is 6.92 Å². The number of nitrogens with one attached hydrogen (secondary N) is 1. The number of amides is 2. The molecule has 146 valence electrons. The summed E-state index contributed by atoms with van der Waals surface area (Å²) in [5.74, 6) is 0.507. The molecule has 3 rings (SSSR count). The van der Waals surface area contributed by atoms with Crippen molar-refractivity contribution in [3.63, 3.8) is 0 Å². The van der Waals surface area contributed by atoms with Crippen molar-refractivity contribution in [3.05, 3.63) is 59.3 Å². The Hall–Kier alpha value is -3.28. The minimum absolute atomic E-state index is 0.248. The predicted molar refractivity (Wildman–Crippen MR) is 108 cm³/mol. The molecule has 1 heterocycles. The first-order valence-corrected chi connectivity index (χ1v) is 9.05. The Labute approximate surface area is 164 Å². The van der Waals surface area contributed by atoms with Gasteiger partial charge in [-0.3, -0.25) is 14.5 Å². The first kappa shape index (κ1) is 19.5. The van der Waals surface area contributed by atoms with Gasteiger partial charge in [-0.2, -0.15) is 0 Å². The molecular weight excluding hydrogens is 356 g/mol. The Kier molecular flexibility index (Phi) is 5.40. The number of carbonyl (C=O) groups is 2. The fourth-order valence-electron chi connectivity index (χ4n) is 3.14. The van der Waals surface area contributed by atoms with E-state index in [9.17, 15) is 9.59 Å². The second kappa shape index (κ2) is 7.76. The van der Waals surface area contributed by atoms with Gasteiger partial charge >= 0.3 is 0 Å². The number of aryl methyl sites for hydroxylation is 1. The summed E-state index contributed by atoms with van der Waals surface area (Å²) >= 11 is 0. The fourth-order valence-corrected chi connectivity index (χ4v) is 3.14. The van der Waals surface area contributed by atoms with E-state index in [1.165, 1.54) is 4.90 Å². The first-order valence-electron chi connectivity index (χ1n) is 9.05. The molecule has 1 aliphatic heterocycles. The van der Waals surface area contributed by atoms with E-state index in [0.29, 0.717) is 28.3 Å². The van der Waals surface area contributed by atoms with Crippen LogP contribution in [0.15, 0.2) is 48.2 Å². The molecular formula is C22H24N2O4. The number of rotatable bonds is 6. The van der Waals surface area contributed by atoms with Gasteiger partial charge < -0.3 is 14.8 Å². The van der Waals surface area contributed by atoms with Crippen molar-refractivity contribution in [2.75, 3.05) is 19.5 Å². The van der Waals surface area contributed by atoms with Crippen LogP contribution in [0.3, 0.4) is 0 Å². The average Bonchev–Trinajstić information content (AvgIpc) is 2.92. The molecule has 0 saturated heterocycles. The molecule has 1 N–H and O–H groups in total. The van der Waals surface area contributed by atoms with Crippen molar-refractivity contribution in [2.45, 2.75) is 26.8 Å². The number of benzene rings is 2. The topological polar surface area (TPSA) is 67.9 Å². The summed E-state index contributed by atoms with van der Waals surface area (Å²) in [6, 6.07) is 12.5. The number of nitrogens with zero attached hydrogens (tertiary/aromatic N) is 1. The maximum atomic E-state index is 13.0. The van der Waals surface area contributed by atoms with Gasteiger partial charge in [0.05, 0.1) is 19.8 Å². The highest BCUT2D eigenvalue weighted by atomic mass is 16.5. The van der Waals surface area contributed by atoms with Crippen molar-refractivity contribution < 1.29 is 19.1 Å². The number of carbonyl (C=O) groups excluding carboxylic acids is 2. The molecule has 2 aromatic rings. The first-order chi connectivity index (χ1) is 13.3. The monoisotopic (exact) mass is 380 g/mol. The van der Waals surface area contributed by atoms with E-state index in [1.54, 1.807) is 32.4 Å². The summed E-state index contributed by atoms with van der Waals surface area (Å²) in [5.41, 5.74) is 2.99. The standard InChI is InChI=1S/C22H24N2O4/c1-13(2)24-21(25)19(15-8-6-14(3)7-9-15)20(22(24)26)23-16-10-17(27-4)12-18(11-16)28-5/h6-13,23H,1-5H3. The van der Waals surface area contributed by atoms with Gasteiger partial charge in [-0.1, -0.05) is 29.8 Å². The van der Waals surface area contributed by atoms with Gasteiger partial charge in [-0.05, 0) is 26.3 Å². The third-order valence-electron chi connectivity index (χ3n) is 4.59. The van der Waals surface area contributed by atoms with Crippen LogP contribution in [-0.4, -0.2) is 37.0 Å². The van der Waals surface area contributed by atoms with E-state index < -0.39 is 0 Å². The maximum absolute atomic E-state index is 13.0. The molecule has 2 aromatic carbocycles. The summed E-state index contributed by atoms with van der Waals surface area (Å²) in [4.78, 5) is 27.4. The molecule has 0 fully saturated rings. The quantitative estimate of drug-likeness (QED) is 0.776. The smallest absolute Gasteiger partial charge is 0.278 e. The third-order valence-corrected chi connectivity index (χ3v) is 4.59. The van der Waals surface area contributed by atoms with E-state index in [0.717, 1.165) is 5.56 Å².